The van der Waals surface area contributed by atoms with E-state index in [1.165, 1.54) is 42.7 Å². The number of carbonyl (C=O) groups excluding carboxylic acids is 1. The molecule has 0 N–H and O–H groups in total. The summed E-state index contributed by atoms with van der Waals surface area (Å²) >= 11 is 0. The molecule has 0 radical (unpaired) electrons. The number of nitrogens with zero attached hydrogens (tertiary/aromatic N) is 1. The minimum atomic E-state index is -2.00. The highest BCUT2D eigenvalue weighted by Crippen LogP contribution is 2.70. The van der Waals surface area contributed by atoms with Crippen molar-refractivity contribution in [2.24, 2.45) is 46.3 Å². The molecule has 0 bridgehead atoms. The van der Waals surface area contributed by atoms with Gasteiger partial charge in [0.1, 0.15) is 24.0 Å². The van der Waals surface area contributed by atoms with Gasteiger partial charge in [-0.2, -0.15) is 0 Å². The van der Waals surface area contributed by atoms with Crippen LogP contribution < -0.4 is 33.0 Å². The predicted molar refractivity (Wildman–Crippen MR) is 223 cm³/mol. The second kappa shape index (κ2) is 16.0. The maximum Gasteiger partial charge on any atom is 0.306 e. The average molecular weight is 841 g/mol. The van der Waals surface area contributed by atoms with Gasteiger partial charge in [-0.05, 0) is 129 Å². The Morgan fingerprint density at radius 3 is 2.29 bits per heavy atom. The zero-order chi connectivity index (χ0) is 37.8. The minimum Gasteiger partial charge on any atom is -1.00 e. The largest absolute Gasteiger partial charge is 1.00 e. The molecule has 7 heteroatoms. The van der Waals surface area contributed by atoms with Crippen LogP contribution in [0.4, 0.5) is 0 Å². The molecule has 3 saturated carbocycles. The fourth-order valence-corrected chi connectivity index (χ4v) is 17.6. The van der Waals surface area contributed by atoms with Crippen molar-refractivity contribution in [1.82, 2.24) is 4.98 Å². The van der Waals surface area contributed by atoms with Crippen molar-refractivity contribution < 1.29 is 36.0 Å². The lowest BCUT2D eigenvalue weighted by Crippen LogP contribution is -3.00. The maximum absolute atomic E-state index is 13.5. The van der Waals surface area contributed by atoms with Crippen LogP contribution in [-0.2, 0) is 19.0 Å². The molecule has 11 atom stereocenters. The number of aromatic nitrogens is 1. The third-order valence-corrected chi connectivity index (χ3v) is 20.6. The fraction of sp³-hybridized carbons (Fsp3) is 0.592. The van der Waals surface area contributed by atoms with Crippen LogP contribution in [0.2, 0.25) is 0 Å². The number of pyridine rings is 1. The third kappa shape index (κ3) is 6.79. The Hall–Kier alpha value is -2.37. The summed E-state index contributed by atoms with van der Waals surface area (Å²) in [6, 6.07) is 28.1. The van der Waals surface area contributed by atoms with Gasteiger partial charge in [0.25, 0.3) is 0 Å². The molecule has 3 aromatic rings. The van der Waals surface area contributed by atoms with E-state index in [4.69, 9.17) is 19.2 Å². The minimum absolute atomic E-state index is 0. The molecule has 1 aromatic heterocycles. The highest BCUT2D eigenvalue weighted by atomic mass is 79.9. The van der Waals surface area contributed by atoms with E-state index < -0.39 is 7.26 Å². The van der Waals surface area contributed by atoms with E-state index in [-0.39, 0.29) is 40.3 Å². The fourth-order valence-electron chi connectivity index (χ4n) is 13.3. The zero-order valence-electron chi connectivity index (χ0n) is 34.1. The Morgan fingerprint density at radius 1 is 0.875 bits per heavy atom. The summed E-state index contributed by atoms with van der Waals surface area (Å²) in [6.45, 7) is 10.8. The van der Waals surface area contributed by atoms with Crippen LogP contribution in [0.25, 0.3) is 0 Å². The number of hydrogen-bond donors (Lipinski definition) is 0. The van der Waals surface area contributed by atoms with Crippen molar-refractivity contribution in [3.8, 4) is 0 Å². The summed E-state index contributed by atoms with van der Waals surface area (Å²) in [6.07, 6.45) is 18.4. The van der Waals surface area contributed by atoms with Gasteiger partial charge in [0.2, 0.25) is 0 Å². The Balaban J connectivity index is 0.00000441. The molecule has 2 aliphatic heterocycles. The first kappa shape index (κ1) is 40.4. The van der Waals surface area contributed by atoms with Crippen molar-refractivity contribution >= 4 is 29.3 Å². The second-order valence-electron chi connectivity index (χ2n) is 19.0. The van der Waals surface area contributed by atoms with E-state index in [9.17, 15) is 4.79 Å². The number of carbonyl (C=O) groups is 1. The molecule has 0 amide bonds. The van der Waals surface area contributed by atoms with Gasteiger partial charge in [-0.3, -0.25) is 4.79 Å². The molecule has 2 saturated heterocycles. The molecule has 56 heavy (non-hydrogen) atoms. The van der Waals surface area contributed by atoms with Gasteiger partial charge in [0.05, 0.1) is 18.9 Å². The van der Waals surface area contributed by atoms with Crippen molar-refractivity contribution in [3.63, 3.8) is 0 Å². The number of rotatable bonds is 9. The Kier molecular flexibility index (Phi) is 11.5. The van der Waals surface area contributed by atoms with Crippen molar-refractivity contribution in [1.29, 1.82) is 0 Å². The van der Waals surface area contributed by atoms with E-state index in [0.717, 1.165) is 68.6 Å². The topological polar surface area (TPSA) is 57.7 Å². The molecule has 300 valence electrons. The number of allylic oxidation sites excluding steroid dienone is 1. The number of halogens is 1. The first-order valence-electron chi connectivity index (χ1n) is 21.8. The molecule has 6 aliphatic rings. The second-order valence-corrected chi connectivity index (χ2v) is 22.5. The number of unbranched alkanes of at least 4 members (excludes halogenated alkanes) is 1. The molecule has 9 rings (SSSR count). The lowest BCUT2D eigenvalue weighted by molar-refractivity contribution is -0.272. The monoisotopic (exact) mass is 839 g/mol. The molecule has 2 aromatic carbocycles. The molecular weight excluding hydrogens is 777 g/mol. The number of benzene rings is 2. The first-order chi connectivity index (χ1) is 26.7. The van der Waals surface area contributed by atoms with E-state index in [1.54, 1.807) is 5.57 Å². The van der Waals surface area contributed by atoms with Gasteiger partial charge in [-0.1, -0.05) is 81.8 Å². The number of hydrogen-bond acceptors (Lipinski definition) is 5. The quantitative estimate of drug-likeness (QED) is 0.103. The summed E-state index contributed by atoms with van der Waals surface area (Å²) in [5.41, 5.74) is 3.27. The highest BCUT2D eigenvalue weighted by molar-refractivity contribution is 7.95. The molecule has 5 nitrogen and oxygen atoms in total. The van der Waals surface area contributed by atoms with Crippen LogP contribution in [0, 0.1) is 46.3 Å². The lowest BCUT2D eigenvalue weighted by Gasteiger charge is -2.58. The first-order valence-corrected chi connectivity index (χ1v) is 23.8. The molecular formula is C49H63BrNO4P. The normalized spacial score (nSPS) is 37.3. The van der Waals surface area contributed by atoms with Gasteiger partial charge in [0, 0.05) is 37.4 Å². The summed E-state index contributed by atoms with van der Waals surface area (Å²) in [5, 5.41) is 2.68. The Labute approximate surface area is 347 Å². The SMILES string of the molecule is C[C@@H]1CC[C@@]2(OC1)O[C@H]1C[C@H]3[C@@H]4CC=C5C[C@@H](OC(=O)CCCC[P+](c6ccccc6)(c6ccccc6)c6ccccn6)CC[C@]5(C)[C@H]4CC[C@]3(C)[C@H]1[C@@H]2C.[Br-]. The van der Waals surface area contributed by atoms with Crippen LogP contribution in [0.15, 0.2) is 96.7 Å². The van der Waals surface area contributed by atoms with Crippen LogP contribution in [0.1, 0.15) is 105 Å². The van der Waals surface area contributed by atoms with Crippen molar-refractivity contribution in [2.75, 3.05) is 12.8 Å². The average Bonchev–Trinajstić information content (AvgIpc) is 3.66. The van der Waals surface area contributed by atoms with Crippen LogP contribution in [0.5, 0.6) is 0 Å². The van der Waals surface area contributed by atoms with Gasteiger partial charge in [-0.15, -0.1) is 0 Å². The number of esters is 1. The standard InChI is InChI=1S/C49H63NO4P.BrH/c1-34-23-28-49(52-33-34)35(2)46-43(54-49)32-42-40-22-21-36-31-37(24-26-47(36,3)41(40)25-27-48(42,46)4)53-45(51)20-12-14-30-55(38-15-7-5-8-16-38,39-17-9-6-10-18-39)44-19-11-13-29-50-44;/h5-11,13,15-19,21,29,34-35,37,40-43,46H,12,14,20,22-28,30-33H2,1-4H3;1H/q+1;/p-1/t34-,35+,37+,40-,41+,42+,43+,46+,47+,48+,49-;/m1./s1. The predicted octanol–water partition coefficient (Wildman–Crippen LogP) is 6.83. The van der Waals surface area contributed by atoms with Crippen molar-refractivity contribution in [3.05, 3.63) is 96.7 Å². The van der Waals surface area contributed by atoms with Gasteiger partial charge in [-0.25, -0.2) is 4.98 Å². The summed E-state index contributed by atoms with van der Waals surface area (Å²) in [4.78, 5) is 18.4. The number of ether oxygens (including phenoxy) is 3. The Morgan fingerprint density at radius 2 is 1.61 bits per heavy atom. The molecule has 3 heterocycles. The number of fused-ring (bicyclic) bond motifs is 7. The van der Waals surface area contributed by atoms with Crippen molar-refractivity contribution in [2.45, 2.75) is 123 Å². The molecule has 1 spiro atoms. The van der Waals surface area contributed by atoms with E-state index in [0.29, 0.717) is 41.6 Å². The summed E-state index contributed by atoms with van der Waals surface area (Å²) < 4.78 is 19.9. The van der Waals surface area contributed by atoms with Gasteiger partial charge < -0.3 is 31.2 Å². The van der Waals surface area contributed by atoms with Gasteiger partial charge in [0.15, 0.2) is 11.2 Å². The van der Waals surface area contributed by atoms with Crippen LogP contribution >= 0.6 is 7.26 Å². The smallest absolute Gasteiger partial charge is 0.306 e. The lowest BCUT2D eigenvalue weighted by atomic mass is 9.47. The Bertz CT molecular complexity index is 1750. The molecule has 4 aliphatic carbocycles. The summed E-state index contributed by atoms with van der Waals surface area (Å²) in [5.74, 6) is 3.49. The maximum atomic E-state index is 13.5. The van der Waals surface area contributed by atoms with E-state index in [2.05, 4.69) is 107 Å². The van der Waals surface area contributed by atoms with Crippen LogP contribution in [-0.4, -0.2) is 41.7 Å². The zero-order valence-corrected chi connectivity index (χ0v) is 36.6. The third-order valence-electron chi connectivity index (χ3n) is 16.2. The van der Waals surface area contributed by atoms with Crippen LogP contribution in [0.3, 0.4) is 0 Å². The highest BCUT2D eigenvalue weighted by Gasteiger charge is 2.68. The van der Waals surface area contributed by atoms with E-state index in [1.807, 2.05) is 12.3 Å². The molecule has 5 fully saturated rings. The molecule has 0 unspecified atom stereocenters. The van der Waals surface area contributed by atoms with E-state index >= 15 is 0 Å². The summed E-state index contributed by atoms with van der Waals surface area (Å²) in [7, 11) is -2.00. The van der Waals surface area contributed by atoms with Gasteiger partial charge >= 0.3 is 5.97 Å².